The van der Waals surface area contributed by atoms with E-state index in [9.17, 15) is 18.8 Å². The van der Waals surface area contributed by atoms with E-state index in [0.717, 1.165) is 22.2 Å². The second kappa shape index (κ2) is 7.53. The van der Waals surface area contributed by atoms with E-state index in [-0.39, 0.29) is 11.4 Å². The zero-order chi connectivity index (χ0) is 18.7. The van der Waals surface area contributed by atoms with E-state index in [4.69, 9.17) is 0 Å². The van der Waals surface area contributed by atoms with Gasteiger partial charge in [-0.3, -0.25) is 19.3 Å². The minimum absolute atomic E-state index is 0.157. The van der Waals surface area contributed by atoms with Crippen LogP contribution in [0.15, 0.2) is 53.4 Å². The average Bonchev–Trinajstić information content (AvgIpc) is 2.84. The Bertz CT molecular complexity index is 927. The number of rotatable bonds is 4. The van der Waals surface area contributed by atoms with Gasteiger partial charge in [-0.2, -0.15) is 0 Å². The summed E-state index contributed by atoms with van der Waals surface area (Å²) >= 11 is 0.730. The minimum atomic E-state index is -0.566. The van der Waals surface area contributed by atoms with E-state index < -0.39 is 22.9 Å². The van der Waals surface area contributed by atoms with Crippen molar-refractivity contribution in [1.29, 1.82) is 0 Å². The number of carbonyl (C=O) groups is 3. The highest BCUT2D eigenvalue weighted by Crippen LogP contribution is 2.32. The van der Waals surface area contributed by atoms with Crippen molar-refractivity contribution >= 4 is 40.6 Å². The van der Waals surface area contributed by atoms with Gasteiger partial charge in [-0.15, -0.1) is 0 Å². The lowest BCUT2D eigenvalue weighted by molar-refractivity contribution is -0.127. The predicted molar refractivity (Wildman–Crippen MR) is 98.9 cm³/mol. The van der Waals surface area contributed by atoms with E-state index in [1.165, 1.54) is 24.3 Å². The number of benzene rings is 2. The standard InChI is InChI=1S/C19H15FN2O3S/c1-12-5-2-3-8-15(12)21-17(23)11-22-18(24)16(26-19(22)25)10-13-6-4-7-14(20)9-13/h2-10H,11H2,1H3,(H,21,23). The van der Waals surface area contributed by atoms with Crippen molar-refractivity contribution < 1.29 is 18.8 Å². The highest BCUT2D eigenvalue weighted by molar-refractivity contribution is 8.18. The normalized spacial score (nSPS) is 15.6. The lowest BCUT2D eigenvalue weighted by Crippen LogP contribution is -2.36. The zero-order valence-electron chi connectivity index (χ0n) is 13.9. The van der Waals surface area contributed by atoms with Gasteiger partial charge >= 0.3 is 0 Å². The third-order valence-electron chi connectivity index (χ3n) is 3.74. The van der Waals surface area contributed by atoms with Crippen LogP contribution in [0, 0.1) is 12.7 Å². The Balaban J connectivity index is 1.71. The average molecular weight is 370 g/mol. The molecule has 1 fully saturated rings. The number of hydrogen-bond acceptors (Lipinski definition) is 4. The van der Waals surface area contributed by atoms with Gasteiger partial charge in [-0.1, -0.05) is 30.3 Å². The second-order valence-corrected chi connectivity index (χ2v) is 6.68. The third kappa shape index (κ3) is 4.00. The fourth-order valence-corrected chi connectivity index (χ4v) is 3.27. The number of thioether (sulfide) groups is 1. The molecule has 2 aromatic rings. The van der Waals surface area contributed by atoms with E-state index >= 15 is 0 Å². The molecule has 0 bridgehead atoms. The van der Waals surface area contributed by atoms with Gasteiger partial charge in [0.2, 0.25) is 5.91 Å². The summed E-state index contributed by atoms with van der Waals surface area (Å²) in [4.78, 5) is 37.7. The highest BCUT2D eigenvalue weighted by atomic mass is 32.2. The second-order valence-electron chi connectivity index (χ2n) is 5.69. The summed E-state index contributed by atoms with van der Waals surface area (Å²) in [6.07, 6.45) is 1.44. The number of halogens is 1. The Labute approximate surface area is 153 Å². The summed E-state index contributed by atoms with van der Waals surface area (Å²) in [5.74, 6) is -1.46. The van der Waals surface area contributed by atoms with Gasteiger partial charge in [-0.25, -0.2) is 4.39 Å². The number of imide groups is 1. The van der Waals surface area contributed by atoms with Crippen molar-refractivity contribution in [2.24, 2.45) is 0 Å². The number of nitrogens with one attached hydrogen (secondary N) is 1. The number of aryl methyl sites for hydroxylation is 1. The van der Waals surface area contributed by atoms with Crippen LogP contribution in [0.3, 0.4) is 0 Å². The fourth-order valence-electron chi connectivity index (χ4n) is 2.43. The number of nitrogens with zero attached hydrogens (tertiary/aromatic N) is 1. The predicted octanol–water partition coefficient (Wildman–Crippen LogP) is 3.81. The van der Waals surface area contributed by atoms with Crippen LogP contribution >= 0.6 is 11.8 Å². The fraction of sp³-hybridized carbons (Fsp3) is 0.105. The van der Waals surface area contributed by atoms with E-state index in [0.29, 0.717) is 11.3 Å². The lowest BCUT2D eigenvalue weighted by Gasteiger charge is -2.13. The lowest BCUT2D eigenvalue weighted by atomic mass is 10.2. The molecule has 3 amide bonds. The first-order valence-corrected chi connectivity index (χ1v) is 8.62. The van der Waals surface area contributed by atoms with Crippen LogP contribution in [0.1, 0.15) is 11.1 Å². The molecule has 0 aliphatic carbocycles. The molecule has 2 aromatic carbocycles. The molecule has 1 saturated heterocycles. The Morgan fingerprint density at radius 3 is 2.69 bits per heavy atom. The molecule has 0 saturated carbocycles. The highest BCUT2D eigenvalue weighted by Gasteiger charge is 2.36. The Kier molecular flexibility index (Phi) is 5.18. The van der Waals surface area contributed by atoms with Crippen molar-refractivity contribution in [3.05, 3.63) is 70.4 Å². The summed E-state index contributed by atoms with van der Waals surface area (Å²) < 4.78 is 13.3. The van der Waals surface area contributed by atoms with Crippen LogP contribution in [0.25, 0.3) is 6.08 Å². The van der Waals surface area contributed by atoms with Crippen LogP contribution in [-0.4, -0.2) is 28.5 Å². The van der Waals surface area contributed by atoms with Crippen LogP contribution < -0.4 is 5.32 Å². The smallest absolute Gasteiger partial charge is 0.294 e. The summed E-state index contributed by atoms with van der Waals surface area (Å²) in [7, 11) is 0. The largest absolute Gasteiger partial charge is 0.324 e. The summed E-state index contributed by atoms with van der Waals surface area (Å²) in [5.41, 5.74) is 1.97. The van der Waals surface area contributed by atoms with Gasteiger partial charge in [0.25, 0.3) is 11.1 Å². The Hall–Kier alpha value is -2.93. The van der Waals surface area contributed by atoms with Gasteiger partial charge in [0.05, 0.1) is 4.91 Å². The van der Waals surface area contributed by atoms with E-state index in [1.54, 1.807) is 18.2 Å². The van der Waals surface area contributed by atoms with Gasteiger partial charge in [0, 0.05) is 5.69 Å². The van der Waals surface area contributed by atoms with Crippen molar-refractivity contribution in [2.75, 3.05) is 11.9 Å². The number of anilines is 1. The first-order valence-electron chi connectivity index (χ1n) is 7.80. The summed E-state index contributed by atoms with van der Waals surface area (Å²) in [6.45, 7) is 1.47. The van der Waals surface area contributed by atoms with Crippen LogP contribution in [-0.2, 0) is 9.59 Å². The molecule has 1 heterocycles. The van der Waals surface area contributed by atoms with Crippen molar-refractivity contribution in [3.8, 4) is 0 Å². The quantitative estimate of drug-likeness (QED) is 0.831. The molecule has 7 heteroatoms. The van der Waals surface area contributed by atoms with Crippen LogP contribution in [0.4, 0.5) is 14.9 Å². The molecule has 0 spiro atoms. The molecular formula is C19H15FN2O3S. The van der Waals surface area contributed by atoms with Gasteiger partial charge in [0.1, 0.15) is 12.4 Å². The number of amides is 3. The molecular weight excluding hydrogens is 355 g/mol. The van der Waals surface area contributed by atoms with Crippen LogP contribution in [0.2, 0.25) is 0 Å². The maximum Gasteiger partial charge on any atom is 0.294 e. The maximum absolute atomic E-state index is 13.3. The van der Waals surface area contributed by atoms with E-state index in [1.807, 2.05) is 19.1 Å². The monoisotopic (exact) mass is 370 g/mol. The summed E-state index contributed by atoms with van der Waals surface area (Å²) in [6, 6.07) is 12.9. The number of para-hydroxylation sites is 1. The molecule has 1 N–H and O–H groups in total. The van der Waals surface area contributed by atoms with E-state index in [2.05, 4.69) is 5.32 Å². The molecule has 132 valence electrons. The maximum atomic E-state index is 13.3. The third-order valence-corrected chi connectivity index (χ3v) is 4.65. The van der Waals surface area contributed by atoms with Crippen molar-refractivity contribution in [1.82, 2.24) is 4.90 Å². The first-order chi connectivity index (χ1) is 12.4. The van der Waals surface area contributed by atoms with Gasteiger partial charge in [0.15, 0.2) is 0 Å². The molecule has 0 radical (unpaired) electrons. The molecule has 1 aliphatic rings. The van der Waals surface area contributed by atoms with Gasteiger partial charge in [-0.05, 0) is 54.1 Å². The molecule has 0 unspecified atom stereocenters. The molecule has 3 rings (SSSR count). The van der Waals surface area contributed by atoms with Crippen molar-refractivity contribution in [3.63, 3.8) is 0 Å². The molecule has 1 aliphatic heterocycles. The number of hydrogen-bond donors (Lipinski definition) is 1. The Morgan fingerprint density at radius 2 is 1.96 bits per heavy atom. The molecule has 0 aromatic heterocycles. The zero-order valence-corrected chi connectivity index (χ0v) is 14.7. The summed E-state index contributed by atoms with van der Waals surface area (Å²) in [5, 5.41) is 2.16. The topological polar surface area (TPSA) is 66.5 Å². The Morgan fingerprint density at radius 1 is 1.19 bits per heavy atom. The van der Waals surface area contributed by atoms with Crippen LogP contribution in [0.5, 0.6) is 0 Å². The molecule has 5 nitrogen and oxygen atoms in total. The first kappa shape index (κ1) is 17.9. The minimum Gasteiger partial charge on any atom is -0.324 e. The molecule has 26 heavy (non-hydrogen) atoms. The number of carbonyl (C=O) groups excluding carboxylic acids is 3. The van der Waals surface area contributed by atoms with Gasteiger partial charge < -0.3 is 5.32 Å². The SMILES string of the molecule is Cc1ccccc1NC(=O)CN1C(=O)SC(=Cc2cccc(F)c2)C1=O. The van der Waals surface area contributed by atoms with Crippen molar-refractivity contribution in [2.45, 2.75) is 6.92 Å². The molecule has 0 atom stereocenters.